The maximum atomic E-state index is 12.8. The van der Waals surface area contributed by atoms with Crippen LogP contribution in [0.15, 0.2) is 53.3 Å². The molecule has 104 valence electrons. The highest BCUT2D eigenvalue weighted by atomic mass is 79.9. The van der Waals surface area contributed by atoms with Crippen molar-refractivity contribution in [3.63, 3.8) is 0 Å². The van der Waals surface area contributed by atoms with Crippen molar-refractivity contribution in [3.8, 4) is 0 Å². The molecule has 1 aromatic carbocycles. The first-order chi connectivity index (χ1) is 10.1. The summed E-state index contributed by atoms with van der Waals surface area (Å²) in [7, 11) is 0. The third-order valence-electron chi connectivity index (χ3n) is 2.92. The van der Waals surface area contributed by atoms with Crippen LogP contribution in [0.5, 0.6) is 0 Å². The minimum Gasteiger partial charge on any atom is -0.320 e. The molecule has 0 saturated carbocycles. The Balaban J connectivity index is 1.94. The van der Waals surface area contributed by atoms with Crippen LogP contribution >= 0.6 is 15.9 Å². The second-order valence-corrected chi connectivity index (χ2v) is 5.27. The maximum Gasteiger partial charge on any atom is 0.257 e. The summed E-state index contributed by atoms with van der Waals surface area (Å²) in [5.74, 6) is -0.983. The summed E-state index contributed by atoms with van der Waals surface area (Å²) in [4.78, 5) is 19.9. The van der Waals surface area contributed by atoms with Crippen molar-refractivity contribution in [1.82, 2.24) is 9.97 Å². The number of hydrogen-bond acceptors (Lipinski definition) is 3. The van der Waals surface area contributed by atoms with Crippen LogP contribution in [-0.4, -0.2) is 15.9 Å². The molecular weight excluding hydrogens is 337 g/mol. The number of nitrogens with one attached hydrogen (secondary N) is 1. The van der Waals surface area contributed by atoms with Crippen molar-refractivity contribution in [3.05, 3.63) is 64.8 Å². The molecule has 0 fully saturated rings. The van der Waals surface area contributed by atoms with Crippen LogP contribution in [0.4, 0.5) is 10.1 Å². The van der Waals surface area contributed by atoms with E-state index in [2.05, 4.69) is 31.2 Å². The third kappa shape index (κ3) is 2.90. The predicted molar refractivity (Wildman–Crippen MR) is 81.6 cm³/mol. The topological polar surface area (TPSA) is 54.9 Å². The van der Waals surface area contributed by atoms with Gasteiger partial charge < -0.3 is 5.32 Å². The van der Waals surface area contributed by atoms with Crippen molar-refractivity contribution < 1.29 is 9.18 Å². The van der Waals surface area contributed by atoms with Crippen molar-refractivity contribution >= 4 is 38.4 Å². The number of carbonyl (C=O) groups is 1. The van der Waals surface area contributed by atoms with Crippen LogP contribution in [0.2, 0.25) is 0 Å². The monoisotopic (exact) mass is 345 g/mol. The van der Waals surface area contributed by atoms with Gasteiger partial charge in [-0.1, -0.05) is 12.1 Å². The fraction of sp³-hybridized carbons (Fsp3) is 0. The number of benzene rings is 1. The number of aromatic nitrogens is 2. The van der Waals surface area contributed by atoms with E-state index in [4.69, 9.17) is 0 Å². The standard InChI is InChI=1S/C15H9BrFN3O/c16-11-6-9-2-1-3-12(14(9)19-8-11)20-15(21)10-4-5-13(17)18-7-10/h1-8H,(H,20,21). The van der Waals surface area contributed by atoms with E-state index in [-0.39, 0.29) is 11.5 Å². The number of rotatable bonds is 2. The van der Waals surface area contributed by atoms with Gasteiger partial charge in [0.1, 0.15) is 0 Å². The summed E-state index contributed by atoms with van der Waals surface area (Å²) in [5, 5.41) is 3.66. The summed E-state index contributed by atoms with van der Waals surface area (Å²) >= 11 is 3.36. The molecule has 0 atom stereocenters. The Kier molecular flexibility index (Phi) is 3.62. The van der Waals surface area contributed by atoms with Gasteiger partial charge in [-0.2, -0.15) is 4.39 Å². The smallest absolute Gasteiger partial charge is 0.257 e. The Hall–Kier alpha value is -2.34. The SMILES string of the molecule is O=C(Nc1cccc2cc(Br)cnc12)c1ccc(F)nc1. The Morgan fingerprint density at radius 3 is 2.76 bits per heavy atom. The number of anilines is 1. The number of para-hydroxylation sites is 1. The number of nitrogens with zero attached hydrogens (tertiary/aromatic N) is 2. The van der Waals surface area contributed by atoms with Gasteiger partial charge in [0.25, 0.3) is 5.91 Å². The lowest BCUT2D eigenvalue weighted by Crippen LogP contribution is -2.12. The molecule has 0 aliphatic rings. The largest absolute Gasteiger partial charge is 0.320 e. The molecule has 0 radical (unpaired) electrons. The fourth-order valence-corrected chi connectivity index (χ4v) is 2.29. The maximum absolute atomic E-state index is 12.8. The molecule has 2 aromatic heterocycles. The molecule has 3 aromatic rings. The van der Waals surface area contributed by atoms with Gasteiger partial charge in [0, 0.05) is 22.3 Å². The number of carbonyl (C=O) groups excluding carboxylic acids is 1. The number of halogens is 2. The number of hydrogen-bond donors (Lipinski definition) is 1. The number of fused-ring (bicyclic) bond motifs is 1. The lowest BCUT2D eigenvalue weighted by Gasteiger charge is -2.08. The van der Waals surface area contributed by atoms with Crippen molar-refractivity contribution in [1.29, 1.82) is 0 Å². The zero-order valence-corrected chi connectivity index (χ0v) is 12.3. The van der Waals surface area contributed by atoms with Crippen LogP contribution in [0.3, 0.4) is 0 Å². The highest BCUT2D eigenvalue weighted by Gasteiger charge is 2.10. The molecule has 0 spiro atoms. The number of pyridine rings is 2. The first-order valence-electron chi connectivity index (χ1n) is 6.11. The second-order valence-electron chi connectivity index (χ2n) is 4.35. The van der Waals surface area contributed by atoms with Gasteiger partial charge in [-0.05, 0) is 40.2 Å². The first-order valence-corrected chi connectivity index (χ1v) is 6.90. The highest BCUT2D eigenvalue weighted by molar-refractivity contribution is 9.10. The van der Waals surface area contributed by atoms with Crippen LogP contribution < -0.4 is 5.32 Å². The molecule has 0 saturated heterocycles. The molecular formula is C15H9BrFN3O. The summed E-state index contributed by atoms with van der Waals surface area (Å²) in [6, 6.07) is 9.94. The normalized spacial score (nSPS) is 10.6. The first kappa shape index (κ1) is 13.6. The zero-order valence-electron chi connectivity index (χ0n) is 10.7. The van der Waals surface area contributed by atoms with Crippen molar-refractivity contribution in [2.24, 2.45) is 0 Å². The lowest BCUT2D eigenvalue weighted by atomic mass is 10.2. The van der Waals surface area contributed by atoms with E-state index in [0.29, 0.717) is 11.2 Å². The molecule has 4 nitrogen and oxygen atoms in total. The summed E-state index contributed by atoms with van der Waals surface area (Å²) in [5.41, 5.74) is 1.56. The molecule has 3 rings (SSSR count). The molecule has 21 heavy (non-hydrogen) atoms. The Labute approximate surface area is 128 Å². The van der Waals surface area contributed by atoms with E-state index >= 15 is 0 Å². The Morgan fingerprint density at radius 1 is 1.14 bits per heavy atom. The summed E-state index contributed by atoms with van der Waals surface area (Å²) in [6.45, 7) is 0. The molecule has 0 unspecified atom stereocenters. The average molecular weight is 346 g/mol. The summed E-state index contributed by atoms with van der Waals surface area (Å²) < 4.78 is 13.6. The van der Waals surface area contributed by atoms with Crippen LogP contribution in [0.1, 0.15) is 10.4 Å². The van der Waals surface area contributed by atoms with Gasteiger partial charge in [0.2, 0.25) is 5.95 Å². The van der Waals surface area contributed by atoms with E-state index in [9.17, 15) is 9.18 Å². The molecule has 1 N–H and O–H groups in total. The molecule has 0 bridgehead atoms. The summed E-state index contributed by atoms with van der Waals surface area (Å²) in [6.07, 6.45) is 2.86. The van der Waals surface area contributed by atoms with Crippen molar-refractivity contribution in [2.75, 3.05) is 5.32 Å². The molecule has 6 heteroatoms. The quantitative estimate of drug-likeness (QED) is 0.719. The van der Waals surface area contributed by atoms with E-state index < -0.39 is 5.95 Å². The Morgan fingerprint density at radius 2 is 2.00 bits per heavy atom. The molecule has 0 aliphatic heterocycles. The van der Waals surface area contributed by atoms with E-state index in [1.807, 2.05) is 18.2 Å². The van der Waals surface area contributed by atoms with E-state index in [1.165, 1.54) is 12.3 Å². The Bertz CT molecular complexity index is 821. The van der Waals surface area contributed by atoms with Gasteiger partial charge in [-0.3, -0.25) is 9.78 Å². The van der Waals surface area contributed by atoms with Crippen LogP contribution in [-0.2, 0) is 0 Å². The van der Waals surface area contributed by atoms with Crippen LogP contribution in [0.25, 0.3) is 10.9 Å². The highest BCUT2D eigenvalue weighted by Crippen LogP contribution is 2.24. The van der Waals surface area contributed by atoms with Gasteiger partial charge >= 0.3 is 0 Å². The van der Waals surface area contributed by atoms with Gasteiger partial charge in [-0.25, -0.2) is 4.98 Å². The molecule has 0 aliphatic carbocycles. The molecule has 2 heterocycles. The van der Waals surface area contributed by atoms with E-state index in [1.54, 1.807) is 12.3 Å². The van der Waals surface area contributed by atoms with Gasteiger partial charge in [0.15, 0.2) is 0 Å². The zero-order chi connectivity index (χ0) is 14.8. The minimum absolute atomic E-state index is 0.283. The predicted octanol–water partition coefficient (Wildman–Crippen LogP) is 3.78. The average Bonchev–Trinajstić information content (AvgIpc) is 2.47. The third-order valence-corrected chi connectivity index (χ3v) is 3.35. The second kappa shape index (κ2) is 5.57. The van der Waals surface area contributed by atoms with Crippen molar-refractivity contribution in [2.45, 2.75) is 0 Å². The van der Waals surface area contributed by atoms with E-state index in [0.717, 1.165) is 15.9 Å². The molecule has 1 amide bonds. The lowest BCUT2D eigenvalue weighted by molar-refractivity contribution is 0.102. The van der Waals surface area contributed by atoms with Gasteiger partial charge in [0.05, 0.1) is 16.8 Å². The van der Waals surface area contributed by atoms with Gasteiger partial charge in [-0.15, -0.1) is 0 Å². The van der Waals surface area contributed by atoms with Crippen LogP contribution in [0, 0.1) is 5.95 Å². The number of amides is 1. The minimum atomic E-state index is -0.622. The fourth-order valence-electron chi connectivity index (χ4n) is 1.94.